The largest absolute Gasteiger partial charge is 0.461 e. The van der Waals surface area contributed by atoms with Crippen molar-refractivity contribution in [3.05, 3.63) is 41.5 Å². The van der Waals surface area contributed by atoms with Gasteiger partial charge in [-0.1, -0.05) is 17.3 Å². The van der Waals surface area contributed by atoms with E-state index in [0.29, 0.717) is 5.69 Å². The molecular formula is C12H12FN3O2. The quantitative estimate of drug-likeness (QED) is 0.779. The number of hydrogen-bond donors (Lipinski definition) is 0. The number of carbonyl (C=O) groups excluding carboxylic acids is 1. The predicted octanol–water partition coefficient (Wildman–Crippen LogP) is 1.89. The van der Waals surface area contributed by atoms with Crippen LogP contribution in [0.5, 0.6) is 0 Å². The van der Waals surface area contributed by atoms with E-state index in [0.717, 1.165) is 0 Å². The molecule has 1 aromatic heterocycles. The Hall–Kier alpha value is -2.24. The number of halogens is 1. The normalized spacial score (nSPS) is 10.4. The average Bonchev–Trinajstić information content (AvgIpc) is 2.72. The molecule has 0 N–H and O–H groups in total. The summed E-state index contributed by atoms with van der Waals surface area (Å²) in [4.78, 5) is 11.6. The second-order valence-electron chi connectivity index (χ2n) is 3.61. The number of esters is 1. The predicted molar refractivity (Wildman–Crippen MR) is 62.0 cm³/mol. The molecule has 0 saturated heterocycles. The summed E-state index contributed by atoms with van der Waals surface area (Å²) >= 11 is 0. The monoisotopic (exact) mass is 249 g/mol. The van der Waals surface area contributed by atoms with Crippen molar-refractivity contribution in [3.8, 4) is 5.69 Å². The van der Waals surface area contributed by atoms with Crippen LogP contribution < -0.4 is 0 Å². The van der Waals surface area contributed by atoms with Gasteiger partial charge in [0.05, 0.1) is 12.3 Å². The summed E-state index contributed by atoms with van der Waals surface area (Å²) in [5.41, 5.74) is 0.789. The van der Waals surface area contributed by atoms with E-state index in [-0.39, 0.29) is 18.0 Å². The highest BCUT2D eigenvalue weighted by molar-refractivity contribution is 5.88. The lowest BCUT2D eigenvalue weighted by atomic mass is 10.3. The Balaban J connectivity index is 2.43. The van der Waals surface area contributed by atoms with E-state index in [9.17, 15) is 9.18 Å². The molecule has 5 nitrogen and oxygen atoms in total. The Bertz CT molecular complexity index is 580. The standard InChI is InChI=1S/C12H12FN3O2/c1-3-18-12(17)11-8(2)16(15-14-11)10-7-5-4-6-9(10)13/h4-7H,3H2,1-2H3. The Kier molecular flexibility index (Phi) is 3.36. The Morgan fingerprint density at radius 2 is 2.17 bits per heavy atom. The third kappa shape index (κ3) is 2.09. The van der Waals surface area contributed by atoms with Gasteiger partial charge >= 0.3 is 5.97 Å². The first-order valence-electron chi connectivity index (χ1n) is 5.49. The molecule has 18 heavy (non-hydrogen) atoms. The van der Waals surface area contributed by atoms with E-state index in [4.69, 9.17) is 4.74 Å². The fourth-order valence-electron chi connectivity index (χ4n) is 1.57. The van der Waals surface area contributed by atoms with Gasteiger partial charge in [-0.15, -0.1) is 5.10 Å². The molecule has 0 amide bonds. The smallest absolute Gasteiger partial charge is 0.360 e. The highest BCUT2D eigenvalue weighted by atomic mass is 19.1. The number of nitrogens with zero attached hydrogens (tertiary/aromatic N) is 3. The van der Waals surface area contributed by atoms with E-state index in [2.05, 4.69) is 10.3 Å². The molecule has 0 saturated carbocycles. The van der Waals surface area contributed by atoms with Gasteiger partial charge in [0.1, 0.15) is 11.5 Å². The van der Waals surface area contributed by atoms with Crippen molar-refractivity contribution in [2.45, 2.75) is 13.8 Å². The minimum absolute atomic E-state index is 0.0973. The van der Waals surface area contributed by atoms with Crippen LogP contribution in [0.4, 0.5) is 4.39 Å². The van der Waals surface area contributed by atoms with Gasteiger partial charge in [0.25, 0.3) is 0 Å². The SMILES string of the molecule is CCOC(=O)c1nnn(-c2ccccc2F)c1C. The number of aromatic nitrogens is 3. The zero-order chi connectivity index (χ0) is 13.1. The van der Waals surface area contributed by atoms with E-state index >= 15 is 0 Å². The molecule has 2 aromatic rings. The Labute approximate surface area is 103 Å². The van der Waals surface area contributed by atoms with Crippen molar-refractivity contribution in [1.29, 1.82) is 0 Å². The number of para-hydroxylation sites is 1. The molecule has 0 spiro atoms. The summed E-state index contributed by atoms with van der Waals surface area (Å²) in [5.74, 6) is -0.988. The van der Waals surface area contributed by atoms with Gasteiger partial charge in [-0.3, -0.25) is 0 Å². The first-order valence-corrected chi connectivity index (χ1v) is 5.49. The first-order chi connectivity index (χ1) is 8.65. The van der Waals surface area contributed by atoms with Crippen molar-refractivity contribution in [2.75, 3.05) is 6.61 Å². The van der Waals surface area contributed by atoms with Crippen molar-refractivity contribution >= 4 is 5.97 Å². The zero-order valence-electron chi connectivity index (χ0n) is 10.1. The molecule has 0 atom stereocenters. The average molecular weight is 249 g/mol. The van der Waals surface area contributed by atoms with Crippen LogP contribution in [-0.4, -0.2) is 27.6 Å². The van der Waals surface area contributed by atoms with Crippen molar-refractivity contribution in [3.63, 3.8) is 0 Å². The zero-order valence-corrected chi connectivity index (χ0v) is 10.1. The highest BCUT2D eigenvalue weighted by Crippen LogP contribution is 2.15. The van der Waals surface area contributed by atoms with Gasteiger partial charge in [-0.2, -0.15) is 0 Å². The Morgan fingerprint density at radius 3 is 2.83 bits per heavy atom. The topological polar surface area (TPSA) is 57.0 Å². The molecule has 2 rings (SSSR count). The van der Waals surface area contributed by atoms with Gasteiger partial charge in [-0.05, 0) is 26.0 Å². The fourth-order valence-corrected chi connectivity index (χ4v) is 1.57. The van der Waals surface area contributed by atoms with Crippen LogP contribution in [0.3, 0.4) is 0 Å². The van der Waals surface area contributed by atoms with Crippen molar-refractivity contribution in [2.24, 2.45) is 0 Å². The van der Waals surface area contributed by atoms with Crippen LogP contribution in [0, 0.1) is 12.7 Å². The van der Waals surface area contributed by atoms with E-state index in [1.54, 1.807) is 32.0 Å². The minimum atomic E-state index is -0.558. The van der Waals surface area contributed by atoms with Crippen molar-refractivity contribution < 1.29 is 13.9 Å². The number of hydrogen-bond acceptors (Lipinski definition) is 4. The molecule has 0 aliphatic carbocycles. The fraction of sp³-hybridized carbons (Fsp3) is 0.250. The lowest BCUT2D eigenvalue weighted by molar-refractivity contribution is 0.0518. The molecule has 6 heteroatoms. The van der Waals surface area contributed by atoms with Gasteiger partial charge in [0, 0.05) is 0 Å². The maximum atomic E-state index is 13.6. The summed E-state index contributed by atoms with van der Waals surface area (Å²) in [5, 5.41) is 7.50. The van der Waals surface area contributed by atoms with E-state index in [1.807, 2.05) is 0 Å². The summed E-state index contributed by atoms with van der Waals surface area (Å²) in [6.45, 7) is 3.60. The maximum Gasteiger partial charge on any atom is 0.360 e. The van der Waals surface area contributed by atoms with Crippen LogP contribution >= 0.6 is 0 Å². The molecular weight excluding hydrogens is 237 g/mol. The summed E-state index contributed by atoms with van der Waals surface area (Å²) in [6, 6.07) is 6.15. The van der Waals surface area contributed by atoms with Crippen LogP contribution in [0.1, 0.15) is 23.1 Å². The number of carbonyl (C=O) groups is 1. The van der Waals surface area contributed by atoms with Crippen LogP contribution in [-0.2, 0) is 4.74 Å². The van der Waals surface area contributed by atoms with Crippen LogP contribution in [0.15, 0.2) is 24.3 Å². The molecule has 0 aliphatic rings. The van der Waals surface area contributed by atoms with Gasteiger partial charge in [-0.25, -0.2) is 13.9 Å². The summed E-state index contributed by atoms with van der Waals surface area (Å²) < 4.78 is 19.7. The lowest BCUT2D eigenvalue weighted by Crippen LogP contribution is -2.08. The van der Waals surface area contributed by atoms with Gasteiger partial charge in [0.2, 0.25) is 0 Å². The van der Waals surface area contributed by atoms with Crippen LogP contribution in [0.25, 0.3) is 5.69 Å². The molecule has 0 aliphatic heterocycles. The van der Waals surface area contributed by atoms with Crippen LogP contribution in [0.2, 0.25) is 0 Å². The number of ether oxygens (including phenoxy) is 1. The molecule has 1 heterocycles. The molecule has 0 bridgehead atoms. The second kappa shape index (κ2) is 4.95. The molecule has 0 radical (unpaired) electrons. The molecule has 0 unspecified atom stereocenters. The van der Waals surface area contributed by atoms with Crippen molar-refractivity contribution in [1.82, 2.24) is 15.0 Å². The number of rotatable bonds is 3. The lowest BCUT2D eigenvalue weighted by Gasteiger charge is -2.04. The second-order valence-corrected chi connectivity index (χ2v) is 3.61. The maximum absolute atomic E-state index is 13.6. The molecule has 0 fully saturated rings. The minimum Gasteiger partial charge on any atom is -0.461 e. The Morgan fingerprint density at radius 1 is 1.44 bits per heavy atom. The third-order valence-corrected chi connectivity index (χ3v) is 2.44. The molecule has 94 valence electrons. The third-order valence-electron chi connectivity index (χ3n) is 2.44. The van der Waals surface area contributed by atoms with E-state index in [1.165, 1.54) is 10.7 Å². The molecule has 1 aromatic carbocycles. The summed E-state index contributed by atoms with van der Waals surface area (Å²) in [7, 11) is 0. The first kappa shape index (κ1) is 12.2. The van der Waals surface area contributed by atoms with Gasteiger partial charge < -0.3 is 4.74 Å². The summed E-state index contributed by atoms with van der Waals surface area (Å²) in [6.07, 6.45) is 0. The van der Waals surface area contributed by atoms with Gasteiger partial charge in [0.15, 0.2) is 5.69 Å². The van der Waals surface area contributed by atoms with E-state index < -0.39 is 11.8 Å². The number of benzene rings is 1. The highest BCUT2D eigenvalue weighted by Gasteiger charge is 2.19.